The molecule has 1 aromatic rings. The van der Waals surface area contributed by atoms with Crippen LogP contribution in [0.2, 0.25) is 0 Å². The van der Waals surface area contributed by atoms with Crippen molar-refractivity contribution < 1.29 is 0 Å². The zero-order valence-electron chi connectivity index (χ0n) is 8.00. The summed E-state index contributed by atoms with van der Waals surface area (Å²) in [6.07, 6.45) is 2.49. The molecule has 0 amide bonds. The SMILES string of the molecule is CN(c1cccc(Br)c1C#N)C1CC1. The van der Waals surface area contributed by atoms with E-state index in [4.69, 9.17) is 5.26 Å². The highest BCUT2D eigenvalue weighted by atomic mass is 79.9. The molecular formula is C11H11BrN2. The second-order valence-corrected chi connectivity index (χ2v) is 4.44. The number of nitriles is 1. The Labute approximate surface area is 92.3 Å². The number of hydrogen-bond acceptors (Lipinski definition) is 2. The molecule has 2 rings (SSSR count). The van der Waals surface area contributed by atoms with Gasteiger partial charge in [-0.1, -0.05) is 6.07 Å². The molecule has 0 radical (unpaired) electrons. The first-order valence-electron chi connectivity index (χ1n) is 4.65. The van der Waals surface area contributed by atoms with Crippen LogP contribution in [-0.4, -0.2) is 13.1 Å². The summed E-state index contributed by atoms with van der Waals surface area (Å²) in [5.41, 5.74) is 1.77. The predicted molar refractivity (Wildman–Crippen MR) is 60.3 cm³/mol. The summed E-state index contributed by atoms with van der Waals surface area (Å²) in [6, 6.07) is 8.75. The number of anilines is 1. The Kier molecular flexibility index (Phi) is 2.47. The van der Waals surface area contributed by atoms with Gasteiger partial charge in [-0.05, 0) is 40.9 Å². The van der Waals surface area contributed by atoms with Crippen molar-refractivity contribution in [2.24, 2.45) is 0 Å². The van der Waals surface area contributed by atoms with Crippen molar-refractivity contribution in [1.82, 2.24) is 0 Å². The molecule has 1 aromatic carbocycles. The minimum absolute atomic E-state index is 0.636. The molecule has 2 nitrogen and oxygen atoms in total. The van der Waals surface area contributed by atoms with Gasteiger partial charge in [0.2, 0.25) is 0 Å². The van der Waals surface area contributed by atoms with Gasteiger partial charge >= 0.3 is 0 Å². The van der Waals surface area contributed by atoms with Gasteiger partial charge in [-0.3, -0.25) is 0 Å². The third-order valence-electron chi connectivity index (χ3n) is 2.58. The van der Waals surface area contributed by atoms with E-state index in [0.29, 0.717) is 6.04 Å². The van der Waals surface area contributed by atoms with Crippen LogP contribution in [0.4, 0.5) is 5.69 Å². The molecule has 1 saturated carbocycles. The van der Waals surface area contributed by atoms with Gasteiger partial charge in [0.1, 0.15) is 6.07 Å². The van der Waals surface area contributed by atoms with Crippen molar-refractivity contribution in [3.8, 4) is 6.07 Å². The van der Waals surface area contributed by atoms with Crippen LogP contribution in [0.25, 0.3) is 0 Å². The standard InChI is InChI=1S/C11H11BrN2/c1-14(8-5-6-8)11-4-2-3-10(12)9(11)7-13/h2-4,8H,5-6H2,1H3. The molecule has 0 aromatic heterocycles. The van der Waals surface area contributed by atoms with Gasteiger partial charge < -0.3 is 4.90 Å². The molecule has 72 valence electrons. The lowest BCUT2D eigenvalue weighted by Crippen LogP contribution is -2.20. The van der Waals surface area contributed by atoms with Crippen LogP contribution in [0.5, 0.6) is 0 Å². The molecule has 0 N–H and O–H groups in total. The van der Waals surface area contributed by atoms with Crippen molar-refractivity contribution >= 4 is 21.6 Å². The molecule has 0 unspecified atom stereocenters. The zero-order chi connectivity index (χ0) is 10.1. The summed E-state index contributed by atoms with van der Waals surface area (Å²) in [7, 11) is 2.06. The number of hydrogen-bond donors (Lipinski definition) is 0. The van der Waals surface area contributed by atoms with E-state index in [9.17, 15) is 0 Å². The molecule has 0 atom stereocenters. The molecule has 0 saturated heterocycles. The second kappa shape index (κ2) is 3.62. The molecular weight excluding hydrogens is 240 g/mol. The number of nitrogens with zero attached hydrogens (tertiary/aromatic N) is 2. The second-order valence-electron chi connectivity index (χ2n) is 3.59. The fourth-order valence-electron chi connectivity index (χ4n) is 1.58. The summed E-state index contributed by atoms with van der Waals surface area (Å²) in [5.74, 6) is 0. The normalized spacial score (nSPS) is 14.9. The lowest BCUT2D eigenvalue weighted by Gasteiger charge is -2.20. The highest BCUT2D eigenvalue weighted by Gasteiger charge is 2.27. The molecule has 0 heterocycles. The fourth-order valence-corrected chi connectivity index (χ4v) is 2.02. The van der Waals surface area contributed by atoms with E-state index < -0.39 is 0 Å². The topological polar surface area (TPSA) is 27.0 Å². The van der Waals surface area contributed by atoms with Crippen molar-refractivity contribution in [3.63, 3.8) is 0 Å². The van der Waals surface area contributed by atoms with Crippen LogP contribution >= 0.6 is 15.9 Å². The van der Waals surface area contributed by atoms with E-state index in [0.717, 1.165) is 15.7 Å². The zero-order valence-corrected chi connectivity index (χ0v) is 9.58. The number of rotatable bonds is 2. The van der Waals surface area contributed by atoms with Gasteiger partial charge in [0.25, 0.3) is 0 Å². The third-order valence-corrected chi connectivity index (χ3v) is 3.24. The van der Waals surface area contributed by atoms with Crippen LogP contribution in [0.15, 0.2) is 22.7 Å². The molecule has 0 spiro atoms. The Bertz CT molecular complexity index is 391. The van der Waals surface area contributed by atoms with Crippen LogP contribution < -0.4 is 4.90 Å². The smallest absolute Gasteiger partial charge is 0.103 e. The Morgan fingerprint density at radius 2 is 2.21 bits per heavy atom. The summed E-state index contributed by atoms with van der Waals surface area (Å²) < 4.78 is 0.880. The van der Waals surface area contributed by atoms with Crippen LogP contribution in [0.3, 0.4) is 0 Å². The van der Waals surface area contributed by atoms with Gasteiger partial charge in [0.15, 0.2) is 0 Å². The van der Waals surface area contributed by atoms with E-state index >= 15 is 0 Å². The highest BCUT2D eigenvalue weighted by molar-refractivity contribution is 9.10. The van der Waals surface area contributed by atoms with Crippen LogP contribution in [0, 0.1) is 11.3 Å². The molecule has 1 aliphatic rings. The first-order chi connectivity index (χ1) is 6.74. The molecule has 3 heteroatoms. The van der Waals surface area contributed by atoms with Crippen molar-refractivity contribution in [2.45, 2.75) is 18.9 Å². The average Bonchev–Trinajstić information content (AvgIpc) is 2.99. The largest absolute Gasteiger partial charge is 0.371 e. The van der Waals surface area contributed by atoms with E-state index in [-0.39, 0.29) is 0 Å². The van der Waals surface area contributed by atoms with E-state index in [1.165, 1.54) is 12.8 Å². The average molecular weight is 251 g/mol. The predicted octanol–water partition coefficient (Wildman–Crippen LogP) is 2.92. The van der Waals surface area contributed by atoms with Crippen molar-refractivity contribution in [1.29, 1.82) is 5.26 Å². The lowest BCUT2D eigenvalue weighted by molar-refractivity contribution is 0.914. The Morgan fingerprint density at radius 3 is 2.79 bits per heavy atom. The summed E-state index contributed by atoms with van der Waals surface area (Å²) in [4.78, 5) is 2.20. The fraction of sp³-hybridized carbons (Fsp3) is 0.364. The van der Waals surface area contributed by atoms with Crippen LogP contribution in [-0.2, 0) is 0 Å². The first kappa shape index (κ1) is 9.54. The monoisotopic (exact) mass is 250 g/mol. The Balaban J connectivity index is 2.41. The quantitative estimate of drug-likeness (QED) is 0.808. The molecule has 0 bridgehead atoms. The van der Waals surface area contributed by atoms with E-state index in [2.05, 4.69) is 33.9 Å². The van der Waals surface area contributed by atoms with Gasteiger partial charge in [-0.25, -0.2) is 0 Å². The number of halogens is 1. The molecule has 1 aliphatic carbocycles. The maximum absolute atomic E-state index is 9.04. The van der Waals surface area contributed by atoms with Crippen LogP contribution in [0.1, 0.15) is 18.4 Å². The van der Waals surface area contributed by atoms with Crippen molar-refractivity contribution in [3.05, 3.63) is 28.2 Å². The van der Waals surface area contributed by atoms with Gasteiger partial charge in [-0.15, -0.1) is 0 Å². The number of benzene rings is 1. The minimum atomic E-state index is 0.636. The Hall–Kier alpha value is -1.01. The summed E-state index contributed by atoms with van der Waals surface area (Å²) >= 11 is 3.40. The van der Waals surface area contributed by atoms with Gasteiger partial charge in [-0.2, -0.15) is 5.26 Å². The molecule has 14 heavy (non-hydrogen) atoms. The first-order valence-corrected chi connectivity index (χ1v) is 5.45. The molecule has 1 fully saturated rings. The summed E-state index contributed by atoms with van der Waals surface area (Å²) in [6.45, 7) is 0. The van der Waals surface area contributed by atoms with E-state index in [1.54, 1.807) is 0 Å². The summed E-state index contributed by atoms with van der Waals surface area (Å²) in [5, 5.41) is 9.04. The lowest BCUT2D eigenvalue weighted by atomic mass is 10.2. The van der Waals surface area contributed by atoms with E-state index in [1.807, 2.05) is 18.2 Å². The van der Waals surface area contributed by atoms with Gasteiger partial charge in [0.05, 0.1) is 11.3 Å². The maximum atomic E-state index is 9.04. The third kappa shape index (κ3) is 1.62. The minimum Gasteiger partial charge on any atom is -0.371 e. The highest BCUT2D eigenvalue weighted by Crippen LogP contribution is 2.34. The van der Waals surface area contributed by atoms with Gasteiger partial charge in [0, 0.05) is 17.6 Å². The molecule has 0 aliphatic heterocycles. The Morgan fingerprint density at radius 1 is 1.50 bits per heavy atom. The maximum Gasteiger partial charge on any atom is 0.103 e. The van der Waals surface area contributed by atoms with Crippen molar-refractivity contribution in [2.75, 3.05) is 11.9 Å².